The SMILES string of the molecule is CC1CNCCN1CCOc1ccc(Cl)cc1. The van der Waals surface area contributed by atoms with Crippen LogP contribution in [0.25, 0.3) is 0 Å². The maximum Gasteiger partial charge on any atom is 0.119 e. The molecule has 0 bridgehead atoms. The van der Waals surface area contributed by atoms with Crippen molar-refractivity contribution < 1.29 is 4.74 Å². The number of piperazine rings is 1. The van der Waals surface area contributed by atoms with Crippen LogP contribution in [0.4, 0.5) is 0 Å². The summed E-state index contributed by atoms with van der Waals surface area (Å²) < 4.78 is 5.69. The first kappa shape index (κ1) is 12.7. The summed E-state index contributed by atoms with van der Waals surface area (Å²) in [4.78, 5) is 2.45. The van der Waals surface area contributed by atoms with Crippen LogP contribution in [0.2, 0.25) is 5.02 Å². The highest BCUT2D eigenvalue weighted by molar-refractivity contribution is 6.30. The van der Waals surface area contributed by atoms with E-state index < -0.39 is 0 Å². The van der Waals surface area contributed by atoms with Gasteiger partial charge < -0.3 is 10.1 Å². The van der Waals surface area contributed by atoms with Crippen molar-refractivity contribution in [2.75, 3.05) is 32.8 Å². The summed E-state index contributed by atoms with van der Waals surface area (Å²) in [6.07, 6.45) is 0. The third-order valence-electron chi connectivity index (χ3n) is 3.10. The van der Waals surface area contributed by atoms with Crippen molar-refractivity contribution in [2.24, 2.45) is 0 Å². The van der Waals surface area contributed by atoms with Crippen LogP contribution in [0, 0.1) is 0 Å². The molecule has 1 heterocycles. The molecule has 0 aromatic heterocycles. The van der Waals surface area contributed by atoms with Gasteiger partial charge in [-0.3, -0.25) is 4.90 Å². The molecule has 0 radical (unpaired) electrons. The molecule has 3 nitrogen and oxygen atoms in total. The van der Waals surface area contributed by atoms with E-state index in [2.05, 4.69) is 17.1 Å². The van der Waals surface area contributed by atoms with Crippen molar-refractivity contribution >= 4 is 11.6 Å². The summed E-state index contributed by atoms with van der Waals surface area (Å²) in [6.45, 7) is 7.20. The molecule has 2 rings (SSSR count). The van der Waals surface area contributed by atoms with Gasteiger partial charge in [-0.05, 0) is 31.2 Å². The fraction of sp³-hybridized carbons (Fsp3) is 0.538. The van der Waals surface area contributed by atoms with Crippen LogP contribution in [-0.2, 0) is 0 Å². The maximum absolute atomic E-state index is 5.82. The van der Waals surface area contributed by atoms with E-state index in [0.717, 1.165) is 43.6 Å². The molecule has 1 aliphatic heterocycles. The fourth-order valence-electron chi connectivity index (χ4n) is 2.03. The average molecular weight is 255 g/mol. The molecule has 4 heteroatoms. The molecule has 1 atom stereocenters. The highest BCUT2D eigenvalue weighted by Crippen LogP contribution is 2.15. The van der Waals surface area contributed by atoms with Gasteiger partial charge in [-0.2, -0.15) is 0 Å². The van der Waals surface area contributed by atoms with E-state index in [0.29, 0.717) is 6.04 Å². The molecule has 17 heavy (non-hydrogen) atoms. The van der Waals surface area contributed by atoms with Crippen LogP contribution < -0.4 is 10.1 Å². The predicted molar refractivity (Wildman–Crippen MR) is 70.9 cm³/mol. The van der Waals surface area contributed by atoms with E-state index in [-0.39, 0.29) is 0 Å². The number of benzene rings is 1. The molecule has 0 aliphatic carbocycles. The van der Waals surface area contributed by atoms with Gasteiger partial charge in [0.15, 0.2) is 0 Å². The monoisotopic (exact) mass is 254 g/mol. The first-order valence-corrected chi connectivity index (χ1v) is 6.46. The summed E-state index contributed by atoms with van der Waals surface area (Å²) in [6, 6.07) is 8.11. The van der Waals surface area contributed by atoms with Gasteiger partial charge in [-0.1, -0.05) is 11.6 Å². The zero-order chi connectivity index (χ0) is 12.1. The Morgan fingerprint density at radius 3 is 2.88 bits per heavy atom. The van der Waals surface area contributed by atoms with E-state index in [4.69, 9.17) is 16.3 Å². The lowest BCUT2D eigenvalue weighted by atomic mass is 10.2. The Morgan fingerprint density at radius 1 is 1.41 bits per heavy atom. The molecule has 1 unspecified atom stereocenters. The van der Waals surface area contributed by atoms with Crippen LogP contribution in [0.15, 0.2) is 24.3 Å². The van der Waals surface area contributed by atoms with Crippen LogP contribution in [0.1, 0.15) is 6.92 Å². The number of nitrogens with one attached hydrogen (secondary N) is 1. The first-order valence-electron chi connectivity index (χ1n) is 6.09. The van der Waals surface area contributed by atoms with E-state index in [1.54, 1.807) is 0 Å². The van der Waals surface area contributed by atoms with Crippen LogP contribution in [0.5, 0.6) is 5.75 Å². The highest BCUT2D eigenvalue weighted by atomic mass is 35.5. The van der Waals surface area contributed by atoms with Crippen LogP contribution in [-0.4, -0.2) is 43.7 Å². The lowest BCUT2D eigenvalue weighted by Crippen LogP contribution is -2.50. The molecule has 0 amide bonds. The summed E-state index contributed by atoms with van der Waals surface area (Å²) in [5, 5.41) is 4.13. The normalized spacial score (nSPS) is 21.4. The number of rotatable bonds is 4. The Balaban J connectivity index is 1.73. The molecule has 1 N–H and O–H groups in total. The van der Waals surface area contributed by atoms with Gasteiger partial charge in [-0.15, -0.1) is 0 Å². The lowest BCUT2D eigenvalue weighted by Gasteiger charge is -2.33. The van der Waals surface area contributed by atoms with Gasteiger partial charge in [-0.25, -0.2) is 0 Å². The van der Waals surface area contributed by atoms with Crippen molar-refractivity contribution in [1.29, 1.82) is 0 Å². The minimum atomic E-state index is 0.595. The van der Waals surface area contributed by atoms with Crippen LogP contribution in [0.3, 0.4) is 0 Å². The lowest BCUT2D eigenvalue weighted by molar-refractivity contribution is 0.143. The Bertz CT molecular complexity index is 342. The Labute approximate surface area is 108 Å². The van der Waals surface area contributed by atoms with Crippen molar-refractivity contribution in [2.45, 2.75) is 13.0 Å². The molecule has 1 fully saturated rings. The highest BCUT2D eigenvalue weighted by Gasteiger charge is 2.16. The van der Waals surface area contributed by atoms with Crippen molar-refractivity contribution in [1.82, 2.24) is 10.2 Å². The van der Waals surface area contributed by atoms with Gasteiger partial charge >= 0.3 is 0 Å². The number of hydrogen-bond acceptors (Lipinski definition) is 3. The molecular weight excluding hydrogens is 236 g/mol. The number of nitrogens with zero attached hydrogens (tertiary/aromatic N) is 1. The van der Waals surface area contributed by atoms with Crippen LogP contribution >= 0.6 is 11.6 Å². The average Bonchev–Trinajstić information content (AvgIpc) is 2.34. The quantitative estimate of drug-likeness (QED) is 0.890. The summed E-state index contributed by atoms with van der Waals surface area (Å²) in [7, 11) is 0. The Kier molecular flexibility index (Phi) is 4.66. The second-order valence-electron chi connectivity index (χ2n) is 4.39. The van der Waals surface area contributed by atoms with Gasteiger partial charge in [0, 0.05) is 37.2 Å². The largest absolute Gasteiger partial charge is 0.492 e. The number of ether oxygens (including phenoxy) is 1. The topological polar surface area (TPSA) is 24.5 Å². The van der Waals surface area contributed by atoms with E-state index in [1.165, 1.54) is 0 Å². The zero-order valence-corrected chi connectivity index (χ0v) is 10.9. The van der Waals surface area contributed by atoms with E-state index in [1.807, 2.05) is 24.3 Å². The Hall–Kier alpha value is -0.770. The summed E-state index contributed by atoms with van der Waals surface area (Å²) in [5.41, 5.74) is 0. The second kappa shape index (κ2) is 6.24. The summed E-state index contributed by atoms with van der Waals surface area (Å²) >= 11 is 5.82. The predicted octanol–water partition coefficient (Wildman–Crippen LogP) is 2.01. The third kappa shape index (κ3) is 3.87. The van der Waals surface area contributed by atoms with Crippen molar-refractivity contribution in [3.05, 3.63) is 29.3 Å². The molecule has 1 aromatic rings. The van der Waals surface area contributed by atoms with E-state index in [9.17, 15) is 0 Å². The molecule has 1 aromatic carbocycles. The summed E-state index contributed by atoms with van der Waals surface area (Å²) in [5.74, 6) is 0.886. The maximum atomic E-state index is 5.82. The van der Waals surface area contributed by atoms with Crippen molar-refractivity contribution in [3.63, 3.8) is 0 Å². The minimum absolute atomic E-state index is 0.595. The third-order valence-corrected chi connectivity index (χ3v) is 3.35. The number of halogens is 1. The molecule has 0 spiro atoms. The minimum Gasteiger partial charge on any atom is -0.492 e. The van der Waals surface area contributed by atoms with Gasteiger partial charge in [0.1, 0.15) is 12.4 Å². The zero-order valence-electron chi connectivity index (χ0n) is 10.2. The standard InChI is InChI=1S/C13H19ClN2O/c1-11-10-15-6-7-16(11)8-9-17-13-4-2-12(14)3-5-13/h2-5,11,15H,6-10H2,1H3. The fourth-order valence-corrected chi connectivity index (χ4v) is 2.15. The first-order chi connectivity index (χ1) is 8.25. The smallest absolute Gasteiger partial charge is 0.119 e. The molecule has 0 saturated carbocycles. The Morgan fingerprint density at radius 2 is 2.18 bits per heavy atom. The van der Waals surface area contributed by atoms with Gasteiger partial charge in [0.2, 0.25) is 0 Å². The van der Waals surface area contributed by atoms with Crippen molar-refractivity contribution in [3.8, 4) is 5.75 Å². The second-order valence-corrected chi connectivity index (χ2v) is 4.83. The van der Waals surface area contributed by atoms with Gasteiger partial charge in [0.05, 0.1) is 0 Å². The molecule has 1 aliphatic rings. The van der Waals surface area contributed by atoms with Gasteiger partial charge in [0.25, 0.3) is 0 Å². The molecule has 94 valence electrons. The number of hydrogen-bond donors (Lipinski definition) is 1. The molecule has 1 saturated heterocycles. The molecular formula is C13H19ClN2O. The van der Waals surface area contributed by atoms with E-state index >= 15 is 0 Å².